The van der Waals surface area contributed by atoms with E-state index in [2.05, 4.69) is 20.8 Å². The standard InChI is InChI=1S/C14H20BrNO2/c1-10(17)12-8-11(15)4-5-13(12)16-7-3-6-14(2,18)9-16/h4-5,8,10,17-18H,3,6-7,9H2,1-2H3. The second-order valence-corrected chi connectivity index (χ2v) is 6.32. The molecule has 1 heterocycles. The summed E-state index contributed by atoms with van der Waals surface area (Å²) in [5, 5.41) is 20.1. The molecule has 0 bridgehead atoms. The zero-order chi connectivity index (χ0) is 13.3. The average molecular weight is 314 g/mol. The summed E-state index contributed by atoms with van der Waals surface area (Å²) in [6.07, 6.45) is 1.30. The highest BCUT2D eigenvalue weighted by Gasteiger charge is 2.29. The topological polar surface area (TPSA) is 43.7 Å². The van der Waals surface area contributed by atoms with Crippen molar-refractivity contribution in [2.75, 3.05) is 18.0 Å². The molecule has 1 aromatic carbocycles. The van der Waals surface area contributed by atoms with Crippen LogP contribution in [0.15, 0.2) is 22.7 Å². The molecule has 1 saturated heterocycles. The van der Waals surface area contributed by atoms with Crippen LogP contribution in [0.25, 0.3) is 0 Å². The molecule has 3 nitrogen and oxygen atoms in total. The van der Waals surface area contributed by atoms with Crippen molar-refractivity contribution in [1.82, 2.24) is 0 Å². The fourth-order valence-corrected chi connectivity index (χ4v) is 2.95. The summed E-state index contributed by atoms with van der Waals surface area (Å²) in [6.45, 7) is 5.19. The van der Waals surface area contributed by atoms with E-state index in [-0.39, 0.29) is 0 Å². The Bertz CT molecular complexity index is 432. The number of halogens is 1. The highest BCUT2D eigenvalue weighted by atomic mass is 79.9. The second-order valence-electron chi connectivity index (χ2n) is 5.40. The van der Waals surface area contributed by atoms with Gasteiger partial charge in [-0.15, -0.1) is 0 Å². The van der Waals surface area contributed by atoms with Crippen LogP contribution in [0.4, 0.5) is 5.69 Å². The van der Waals surface area contributed by atoms with E-state index < -0.39 is 11.7 Å². The van der Waals surface area contributed by atoms with E-state index in [4.69, 9.17) is 0 Å². The normalized spacial score (nSPS) is 26.2. The molecule has 1 aromatic rings. The van der Waals surface area contributed by atoms with Gasteiger partial charge in [-0.2, -0.15) is 0 Å². The Morgan fingerprint density at radius 3 is 2.78 bits per heavy atom. The van der Waals surface area contributed by atoms with Gasteiger partial charge >= 0.3 is 0 Å². The lowest BCUT2D eigenvalue weighted by Crippen LogP contribution is -2.46. The Hall–Kier alpha value is -0.580. The molecule has 2 unspecified atom stereocenters. The van der Waals surface area contributed by atoms with Crippen molar-refractivity contribution in [3.8, 4) is 0 Å². The van der Waals surface area contributed by atoms with Gasteiger partial charge in [0.1, 0.15) is 0 Å². The third kappa shape index (κ3) is 3.05. The lowest BCUT2D eigenvalue weighted by molar-refractivity contribution is 0.0447. The second kappa shape index (κ2) is 5.19. The number of hydrogen-bond donors (Lipinski definition) is 2. The van der Waals surface area contributed by atoms with Crippen molar-refractivity contribution in [1.29, 1.82) is 0 Å². The Labute approximate surface area is 117 Å². The van der Waals surface area contributed by atoms with Gasteiger partial charge in [-0.05, 0) is 44.9 Å². The Balaban J connectivity index is 2.32. The molecule has 1 fully saturated rings. The molecule has 100 valence electrons. The molecule has 2 N–H and O–H groups in total. The third-order valence-electron chi connectivity index (χ3n) is 3.46. The van der Waals surface area contributed by atoms with Crippen LogP contribution in [0, 0.1) is 0 Å². The SMILES string of the molecule is CC(O)c1cc(Br)ccc1N1CCCC(C)(O)C1. The number of benzene rings is 1. The number of aliphatic hydroxyl groups excluding tert-OH is 1. The van der Waals surface area contributed by atoms with Crippen LogP contribution in [0.1, 0.15) is 38.4 Å². The largest absolute Gasteiger partial charge is 0.389 e. The maximum atomic E-state index is 10.2. The summed E-state index contributed by atoms with van der Waals surface area (Å²) in [5.74, 6) is 0. The first-order valence-electron chi connectivity index (χ1n) is 6.34. The van der Waals surface area contributed by atoms with Gasteiger partial charge in [0, 0.05) is 28.8 Å². The summed E-state index contributed by atoms with van der Waals surface area (Å²) in [6, 6.07) is 5.93. The van der Waals surface area contributed by atoms with E-state index in [0.29, 0.717) is 6.54 Å². The minimum absolute atomic E-state index is 0.510. The zero-order valence-electron chi connectivity index (χ0n) is 10.9. The summed E-state index contributed by atoms with van der Waals surface area (Å²) < 4.78 is 0.964. The monoisotopic (exact) mass is 313 g/mol. The van der Waals surface area contributed by atoms with Crippen molar-refractivity contribution >= 4 is 21.6 Å². The van der Waals surface area contributed by atoms with E-state index >= 15 is 0 Å². The molecule has 0 aliphatic carbocycles. The van der Waals surface area contributed by atoms with Crippen LogP contribution in [-0.2, 0) is 0 Å². The van der Waals surface area contributed by atoms with Gasteiger partial charge in [0.2, 0.25) is 0 Å². The molecular weight excluding hydrogens is 294 g/mol. The number of anilines is 1. The Kier molecular flexibility index (Phi) is 3.99. The van der Waals surface area contributed by atoms with Crippen LogP contribution in [0.3, 0.4) is 0 Å². The predicted octanol–water partition coefficient (Wildman–Crippen LogP) is 2.85. The van der Waals surface area contributed by atoms with Crippen LogP contribution in [0.5, 0.6) is 0 Å². The molecular formula is C14H20BrNO2. The molecule has 0 aromatic heterocycles. The van der Waals surface area contributed by atoms with Gasteiger partial charge in [-0.25, -0.2) is 0 Å². The minimum Gasteiger partial charge on any atom is -0.389 e. The van der Waals surface area contributed by atoms with E-state index in [9.17, 15) is 10.2 Å². The van der Waals surface area contributed by atoms with E-state index in [0.717, 1.165) is 35.1 Å². The maximum absolute atomic E-state index is 10.2. The number of hydrogen-bond acceptors (Lipinski definition) is 3. The van der Waals surface area contributed by atoms with Gasteiger partial charge in [-0.3, -0.25) is 0 Å². The first-order valence-corrected chi connectivity index (χ1v) is 7.13. The fourth-order valence-electron chi connectivity index (χ4n) is 2.57. The van der Waals surface area contributed by atoms with Crippen molar-refractivity contribution < 1.29 is 10.2 Å². The molecule has 2 atom stereocenters. The Morgan fingerprint density at radius 2 is 2.17 bits per heavy atom. The maximum Gasteiger partial charge on any atom is 0.0794 e. The fraction of sp³-hybridized carbons (Fsp3) is 0.571. The summed E-state index contributed by atoms with van der Waals surface area (Å²) in [5.41, 5.74) is 1.29. The van der Waals surface area contributed by atoms with Crippen molar-refractivity contribution in [2.24, 2.45) is 0 Å². The van der Waals surface area contributed by atoms with Crippen molar-refractivity contribution in [2.45, 2.75) is 38.4 Å². The molecule has 1 aliphatic rings. The van der Waals surface area contributed by atoms with Crippen LogP contribution < -0.4 is 4.90 Å². The number of β-amino-alcohol motifs (C(OH)–C–C–N with tert-alkyl or cyclic N) is 1. The van der Waals surface area contributed by atoms with Gasteiger partial charge < -0.3 is 15.1 Å². The van der Waals surface area contributed by atoms with E-state index in [1.807, 2.05) is 25.1 Å². The van der Waals surface area contributed by atoms with E-state index in [1.54, 1.807) is 6.92 Å². The number of rotatable bonds is 2. The van der Waals surface area contributed by atoms with Crippen LogP contribution >= 0.6 is 15.9 Å². The zero-order valence-corrected chi connectivity index (χ0v) is 12.4. The first kappa shape index (κ1) is 13.8. The van der Waals surface area contributed by atoms with Crippen LogP contribution in [0.2, 0.25) is 0 Å². The smallest absolute Gasteiger partial charge is 0.0794 e. The quantitative estimate of drug-likeness (QED) is 0.882. The average Bonchev–Trinajstić information content (AvgIpc) is 2.27. The van der Waals surface area contributed by atoms with Crippen molar-refractivity contribution in [3.05, 3.63) is 28.2 Å². The number of piperidine rings is 1. The summed E-state index contributed by atoms with van der Waals surface area (Å²) in [4.78, 5) is 2.16. The molecule has 0 amide bonds. The highest BCUT2D eigenvalue weighted by Crippen LogP contribution is 2.33. The summed E-state index contributed by atoms with van der Waals surface area (Å²) in [7, 11) is 0. The first-order chi connectivity index (χ1) is 8.39. The molecule has 4 heteroatoms. The lowest BCUT2D eigenvalue weighted by Gasteiger charge is -2.39. The molecule has 1 aliphatic heterocycles. The summed E-state index contributed by atoms with van der Waals surface area (Å²) >= 11 is 3.43. The van der Waals surface area contributed by atoms with Crippen molar-refractivity contribution in [3.63, 3.8) is 0 Å². The highest BCUT2D eigenvalue weighted by molar-refractivity contribution is 9.10. The van der Waals surface area contributed by atoms with Gasteiger partial charge in [-0.1, -0.05) is 15.9 Å². The molecule has 0 spiro atoms. The minimum atomic E-state index is -0.638. The van der Waals surface area contributed by atoms with Gasteiger partial charge in [0.25, 0.3) is 0 Å². The predicted molar refractivity (Wildman–Crippen MR) is 76.8 cm³/mol. The van der Waals surface area contributed by atoms with Crippen LogP contribution in [-0.4, -0.2) is 28.9 Å². The molecule has 2 rings (SSSR count). The number of aliphatic hydroxyl groups is 2. The lowest BCUT2D eigenvalue weighted by atomic mass is 9.94. The van der Waals surface area contributed by atoms with Gasteiger partial charge in [0.15, 0.2) is 0 Å². The van der Waals surface area contributed by atoms with E-state index in [1.165, 1.54) is 0 Å². The number of nitrogens with zero attached hydrogens (tertiary/aromatic N) is 1. The Morgan fingerprint density at radius 1 is 1.44 bits per heavy atom. The molecule has 18 heavy (non-hydrogen) atoms. The molecule has 0 saturated carbocycles. The molecule has 0 radical (unpaired) electrons. The van der Waals surface area contributed by atoms with Gasteiger partial charge in [0.05, 0.1) is 11.7 Å². The third-order valence-corrected chi connectivity index (χ3v) is 3.95.